The van der Waals surface area contributed by atoms with Gasteiger partial charge in [0.05, 0.1) is 12.6 Å². The van der Waals surface area contributed by atoms with Gasteiger partial charge in [0, 0.05) is 0 Å². The molecular weight excluding hydrogens is 342 g/mol. The minimum atomic E-state index is -0.290. The van der Waals surface area contributed by atoms with Crippen molar-refractivity contribution in [1.29, 1.82) is 0 Å². The van der Waals surface area contributed by atoms with Gasteiger partial charge in [0.2, 0.25) is 0 Å². The fraction of sp³-hybridized carbons (Fsp3) is 0.308. The van der Waals surface area contributed by atoms with Crippen LogP contribution in [-0.4, -0.2) is 25.1 Å². The maximum Gasteiger partial charge on any atom is 0.118 e. The van der Waals surface area contributed by atoms with Crippen molar-refractivity contribution in [3.63, 3.8) is 0 Å². The van der Waals surface area contributed by atoms with Gasteiger partial charge in [-0.2, -0.15) is 0 Å². The molecule has 144 valence electrons. The molecule has 2 heteroatoms. The first kappa shape index (κ1) is 18.8. The molecule has 1 aliphatic rings. The van der Waals surface area contributed by atoms with E-state index < -0.39 is 0 Å². The van der Waals surface area contributed by atoms with E-state index in [4.69, 9.17) is 4.74 Å². The van der Waals surface area contributed by atoms with Gasteiger partial charge in [-0.05, 0) is 61.7 Å². The average molecular weight is 372 g/mol. The van der Waals surface area contributed by atoms with Crippen molar-refractivity contribution < 1.29 is 4.74 Å². The van der Waals surface area contributed by atoms with Crippen molar-refractivity contribution in [2.24, 2.45) is 0 Å². The van der Waals surface area contributed by atoms with Gasteiger partial charge >= 0.3 is 0 Å². The van der Waals surface area contributed by atoms with Gasteiger partial charge in [0.25, 0.3) is 0 Å². The number of hydrogen-bond donors (Lipinski definition) is 0. The summed E-state index contributed by atoms with van der Waals surface area (Å²) in [6, 6.07) is 28.7. The molecule has 1 atom stereocenters. The van der Waals surface area contributed by atoms with Gasteiger partial charge in [0.15, 0.2) is 0 Å². The van der Waals surface area contributed by atoms with Crippen molar-refractivity contribution in [2.75, 3.05) is 20.2 Å². The predicted octanol–water partition coefficient (Wildman–Crippen LogP) is 5.78. The van der Waals surface area contributed by atoms with Crippen LogP contribution >= 0.6 is 0 Å². The summed E-state index contributed by atoms with van der Waals surface area (Å²) in [5.41, 5.74) is 4.95. The van der Waals surface area contributed by atoms with Crippen LogP contribution < -0.4 is 4.74 Å². The minimum Gasteiger partial charge on any atom is -0.497 e. The van der Waals surface area contributed by atoms with Gasteiger partial charge in [-0.1, -0.05) is 78.7 Å². The van der Waals surface area contributed by atoms with E-state index in [2.05, 4.69) is 90.7 Å². The van der Waals surface area contributed by atoms with Crippen LogP contribution in [0.4, 0.5) is 0 Å². The highest BCUT2D eigenvalue weighted by Crippen LogP contribution is 2.44. The molecule has 1 unspecified atom stereocenters. The number of nitrogens with zero attached hydrogens (tertiary/aromatic N) is 1. The van der Waals surface area contributed by atoms with Crippen molar-refractivity contribution in [2.45, 2.75) is 31.7 Å². The van der Waals surface area contributed by atoms with Gasteiger partial charge in [-0.3, -0.25) is 4.90 Å². The van der Waals surface area contributed by atoms with E-state index in [0.717, 1.165) is 18.8 Å². The monoisotopic (exact) mass is 371 g/mol. The number of benzene rings is 3. The van der Waals surface area contributed by atoms with Crippen molar-refractivity contribution in [1.82, 2.24) is 4.90 Å². The predicted molar refractivity (Wildman–Crippen MR) is 116 cm³/mol. The molecule has 3 aromatic rings. The molecule has 28 heavy (non-hydrogen) atoms. The molecule has 1 saturated heterocycles. The van der Waals surface area contributed by atoms with Crippen LogP contribution in [0.3, 0.4) is 0 Å². The zero-order valence-electron chi connectivity index (χ0n) is 16.9. The lowest BCUT2D eigenvalue weighted by molar-refractivity contribution is 0.127. The standard InChI is InChI=1S/C26H29NO/c1-21-11-13-23(14-12-21)26(22-9-5-3-6-10-22,27-19-7-4-8-20-27)24-15-17-25(28-2)18-16-24/h3,5-6,9-18H,4,7-8,19-20H2,1-2H3. The third-order valence-electron chi connectivity index (χ3n) is 6.00. The smallest absolute Gasteiger partial charge is 0.118 e. The van der Waals surface area contributed by atoms with E-state index in [1.807, 2.05) is 0 Å². The Balaban J connectivity index is 1.99. The summed E-state index contributed by atoms with van der Waals surface area (Å²) in [6.07, 6.45) is 3.81. The van der Waals surface area contributed by atoms with Crippen molar-refractivity contribution in [3.05, 3.63) is 101 Å². The number of aryl methyl sites for hydroxylation is 1. The number of rotatable bonds is 5. The first-order valence-corrected chi connectivity index (χ1v) is 10.3. The Morgan fingerprint density at radius 2 is 1.21 bits per heavy atom. The third-order valence-corrected chi connectivity index (χ3v) is 6.00. The molecule has 0 radical (unpaired) electrons. The third kappa shape index (κ3) is 3.33. The van der Waals surface area contributed by atoms with E-state index in [1.165, 1.54) is 41.5 Å². The van der Waals surface area contributed by atoms with Crippen LogP contribution in [0.25, 0.3) is 0 Å². The normalized spacial score (nSPS) is 17.1. The molecule has 2 nitrogen and oxygen atoms in total. The number of piperidine rings is 1. The Morgan fingerprint density at radius 1 is 0.679 bits per heavy atom. The van der Waals surface area contributed by atoms with Crippen LogP contribution in [0.1, 0.15) is 41.5 Å². The highest BCUT2D eigenvalue weighted by atomic mass is 16.5. The first-order chi connectivity index (χ1) is 13.7. The lowest BCUT2D eigenvalue weighted by atomic mass is 9.74. The summed E-state index contributed by atoms with van der Waals surface area (Å²) in [5.74, 6) is 0.897. The second-order valence-electron chi connectivity index (χ2n) is 7.72. The number of methoxy groups -OCH3 is 1. The molecule has 0 saturated carbocycles. The molecule has 1 fully saturated rings. The second kappa shape index (κ2) is 8.20. The van der Waals surface area contributed by atoms with Crippen LogP contribution in [0, 0.1) is 6.92 Å². The van der Waals surface area contributed by atoms with Crippen LogP contribution in [0.2, 0.25) is 0 Å². The lowest BCUT2D eigenvalue weighted by Gasteiger charge is -2.47. The highest BCUT2D eigenvalue weighted by molar-refractivity contribution is 5.51. The fourth-order valence-electron chi connectivity index (χ4n) is 4.58. The van der Waals surface area contributed by atoms with Crippen molar-refractivity contribution in [3.8, 4) is 5.75 Å². The van der Waals surface area contributed by atoms with E-state index in [-0.39, 0.29) is 5.54 Å². The Hall–Kier alpha value is -2.58. The average Bonchev–Trinajstić information content (AvgIpc) is 2.77. The van der Waals surface area contributed by atoms with E-state index in [9.17, 15) is 0 Å². The topological polar surface area (TPSA) is 12.5 Å². The van der Waals surface area contributed by atoms with E-state index in [1.54, 1.807) is 7.11 Å². The molecule has 0 amide bonds. The van der Waals surface area contributed by atoms with Crippen LogP contribution in [0.5, 0.6) is 5.75 Å². The van der Waals surface area contributed by atoms with E-state index >= 15 is 0 Å². The Bertz CT molecular complexity index is 880. The van der Waals surface area contributed by atoms with Gasteiger partial charge in [0.1, 0.15) is 5.75 Å². The Morgan fingerprint density at radius 3 is 1.79 bits per heavy atom. The molecule has 1 heterocycles. The van der Waals surface area contributed by atoms with Gasteiger partial charge in [-0.15, -0.1) is 0 Å². The summed E-state index contributed by atoms with van der Waals surface area (Å²) in [5, 5.41) is 0. The molecule has 0 aromatic heterocycles. The molecule has 1 aliphatic heterocycles. The maximum absolute atomic E-state index is 5.44. The number of ether oxygens (including phenoxy) is 1. The highest BCUT2D eigenvalue weighted by Gasteiger charge is 2.42. The summed E-state index contributed by atoms with van der Waals surface area (Å²) < 4.78 is 5.44. The van der Waals surface area contributed by atoms with Gasteiger partial charge < -0.3 is 4.74 Å². The maximum atomic E-state index is 5.44. The first-order valence-electron chi connectivity index (χ1n) is 10.3. The summed E-state index contributed by atoms with van der Waals surface area (Å²) >= 11 is 0. The summed E-state index contributed by atoms with van der Waals surface area (Å²) in [4.78, 5) is 2.68. The number of hydrogen-bond acceptors (Lipinski definition) is 2. The Labute approximate surface area is 168 Å². The summed E-state index contributed by atoms with van der Waals surface area (Å²) in [7, 11) is 1.73. The Kier molecular flexibility index (Phi) is 5.50. The fourth-order valence-corrected chi connectivity index (χ4v) is 4.58. The summed E-state index contributed by atoms with van der Waals surface area (Å²) in [6.45, 7) is 4.37. The molecule has 0 bridgehead atoms. The van der Waals surface area contributed by atoms with Crippen molar-refractivity contribution >= 4 is 0 Å². The van der Waals surface area contributed by atoms with Crippen LogP contribution in [-0.2, 0) is 5.54 Å². The molecule has 3 aromatic carbocycles. The molecule has 0 N–H and O–H groups in total. The second-order valence-corrected chi connectivity index (χ2v) is 7.72. The molecular formula is C26H29NO. The molecule has 0 spiro atoms. The molecule has 0 aliphatic carbocycles. The zero-order valence-corrected chi connectivity index (χ0v) is 16.9. The molecule has 4 rings (SSSR count). The van der Waals surface area contributed by atoms with E-state index in [0.29, 0.717) is 0 Å². The lowest BCUT2D eigenvalue weighted by Crippen LogP contribution is -2.50. The zero-order chi connectivity index (χ0) is 19.4. The minimum absolute atomic E-state index is 0.290. The number of likely N-dealkylation sites (tertiary alicyclic amines) is 1. The van der Waals surface area contributed by atoms with Gasteiger partial charge in [-0.25, -0.2) is 0 Å². The van der Waals surface area contributed by atoms with Crippen LogP contribution in [0.15, 0.2) is 78.9 Å². The largest absolute Gasteiger partial charge is 0.497 e. The quantitative estimate of drug-likeness (QED) is 0.527. The SMILES string of the molecule is COc1ccc(C(c2ccccc2)(c2ccc(C)cc2)N2CCCCC2)cc1.